The number of aryl methyl sites for hydroxylation is 1. The smallest absolute Gasteiger partial charge is 0.497 e. The van der Waals surface area contributed by atoms with E-state index in [2.05, 4.69) is 53.7 Å². The Kier molecular flexibility index (Phi) is 7.61. The predicted octanol–water partition coefficient (Wildman–Crippen LogP) is 6.46. The monoisotopic (exact) mass is 486 g/mol. The summed E-state index contributed by atoms with van der Waals surface area (Å²) in [5.41, 5.74) is 2.50. The molecule has 0 atom stereocenters. The Morgan fingerprint density at radius 1 is 1.00 bits per heavy atom. The van der Waals surface area contributed by atoms with Crippen LogP contribution in [0.5, 0.6) is 11.5 Å². The van der Waals surface area contributed by atoms with E-state index in [4.69, 9.17) is 9.47 Å². The third kappa shape index (κ3) is 5.50. The van der Waals surface area contributed by atoms with Gasteiger partial charge in [0.05, 0.1) is 31.0 Å². The molecule has 1 aliphatic heterocycles. The van der Waals surface area contributed by atoms with Crippen molar-refractivity contribution in [3.8, 4) is 11.5 Å². The van der Waals surface area contributed by atoms with Crippen molar-refractivity contribution in [2.75, 3.05) is 25.7 Å². The summed E-state index contributed by atoms with van der Waals surface area (Å²) >= 11 is 3.61. The van der Waals surface area contributed by atoms with Crippen LogP contribution in [0.3, 0.4) is 0 Å². The van der Waals surface area contributed by atoms with Crippen molar-refractivity contribution in [2.24, 2.45) is 0 Å². The quantitative estimate of drug-likeness (QED) is 0.235. The van der Waals surface area contributed by atoms with Crippen LogP contribution in [-0.4, -0.2) is 28.0 Å². The van der Waals surface area contributed by atoms with Gasteiger partial charge in [-0.3, -0.25) is 0 Å². The first-order chi connectivity index (χ1) is 15.2. The molecule has 1 aliphatic rings. The molecule has 0 fully saturated rings. The Labute approximate surface area is 192 Å². The van der Waals surface area contributed by atoms with Gasteiger partial charge >= 0.3 is 7.25 Å². The van der Waals surface area contributed by atoms with Gasteiger partial charge in [-0.1, -0.05) is 23.1 Å². The molecule has 3 aromatic rings. The van der Waals surface area contributed by atoms with Crippen LogP contribution in [0, 0.1) is 0 Å². The number of hydrogen-bond acceptors (Lipinski definition) is 5. The lowest BCUT2D eigenvalue weighted by atomic mass is 10.2. The van der Waals surface area contributed by atoms with E-state index in [1.54, 1.807) is 37.3 Å². The largest absolute Gasteiger partial charge is 0.673 e. The second-order valence-electron chi connectivity index (χ2n) is 6.68. The number of rotatable bonds is 5. The molecule has 2 heterocycles. The fourth-order valence-corrected chi connectivity index (χ4v) is 5.86. The number of fused-ring (bicyclic) bond motifs is 2. The van der Waals surface area contributed by atoms with Crippen LogP contribution in [0.25, 0.3) is 16.3 Å². The molecular weight excluding hydrogens is 463 g/mol. The van der Waals surface area contributed by atoms with Crippen molar-refractivity contribution in [1.29, 1.82) is 0 Å². The SMILES string of the molecule is CCN1/C(=C/c2sc3cc(OC)ccc3[n+]2CC)Sc2cc(OC)ccc21.F[B-](F)(F)F. The van der Waals surface area contributed by atoms with Crippen molar-refractivity contribution in [1.82, 2.24) is 0 Å². The van der Waals surface area contributed by atoms with E-state index >= 15 is 0 Å². The lowest BCUT2D eigenvalue weighted by molar-refractivity contribution is -0.665. The minimum atomic E-state index is -6.00. The first-order valence-electron chi connectivity index (χ1n) is 9.91. The summed E-state index contributed by atoms with van der Waals surface area (Å²) in [6.07, 6.45) is 2.31. The molecule has 11 heteroatoms. The molecule has 4 rings (SSSR count). The lowest BCUT2D eigenvalue weighted by Gasteiger charge is -2.17. The van der Waals surface area contributed by atoms with Crippen LogP contribution in [0.15, 0.2) is 46.3 Å². The van der Waals surface area contributed by atoms with Gasteiger partial charge in [0.1, 0.15) is 22.7 Å². The fourth-order valence-electron chi connectivity index (χ4n) is 3.40. The minimum absolute atomic E-state index is 0.899. The molecule has 0 saturated carbocycles. The topological polar surface area (TPSA) is 25.6 Å². The van der Waals surface area contributed by atoms with E-state index in [0.717, 1.165) is 24.6 Å². The van der Waals surface area contributed by atoms with E-state index in [-0.39, 0.29) is 0 Å². The fraction of sp³-hybridized carbons (Fsp3) is 0.286. The van der Waals surface area contributed by atoms with Gasteiger partial charge in [0.2, 0.25) is 5.52 Å². The van der Waals surface area contributed by atoms with E-state index in [9.17, 15) is 17.3 Å². The van der Waals surface area contributed by atoms with Crippen molar-refractivity contribution in [2.45, 2.75) is 25.3 Å². The number of thiazole rings is 1. The van der Waals surface area contributed by atoms with E-state index < -0.39 is 7.25 Å². The number of methoxy groups -OCH3 is 2. The average Bonchev–Trinajstić information content (AvgIpc) is 3.27. The number of benzene rings is 2. The Balaban J connectivity index is 0.000000523. The summed E-state index contributed by atoms with van der Waals surface area (Å²) in [6.45, 7) is 6.25. The first kappa shape index (κ1) is 24.3. The van der Waals surface area contributed by atoms with Gasteiger partial charge in [-0.05, 0) is 38.1 Å². The second-order valence-corrected chi connectivity index (χ2v) is 8.80. The number of thioether (sulfide) groups is 1. The number of aromatic nitrogens is 1. The summed E-state index contributed by atoms with van der Waals surface area (Å²) < 4.78 is 53.4. The van der Waals surface area contributed by atoms with Crippen LogP contribution < -0.4 is 18.9 Å². The van der Waals surface area contributed by atoms with E-state index in [1.807, 2.05) is 12.1 Å². The molecule has 0 unspecified atom stereocenters. The first-order valence-corrected chi connectivity index (χ1v) is 11.5. The van der Waals surface area contributed by atoms with Gasteiger partial charge in [-0.2, -0.15) is 4.57 Å². The zero-order chi connectivity index (χ0) is 23.5. The molecular formula is C21H23BF4N2O2S2. The Hall–Kier alpha value is -2.40. The Morgan fingerprint density at radius 2 is 1.62 bits per heavy atom. The van der Waals surface area contributed by atoms with Gasteiger partial charge in [0.15, 0.2) is 0 Å². The van der Waals surface area contributed by atoms with Gasteiger partial charge in [-0.25, -0.2) is 0 Å². The standard InChI is InChI=1S/C21H23N2O2S2.BF4/c1-5-22-16-9-7-14(24-3)11-18(16)26-20(22)13-21-23(6-2)17-10-8-15(25-4)12-19(17)27-21;2-1(3,4)5/h7-13H,5-6H2,1-4H3;/q+1;-1. The maximum absolute atomic E-state index is 9.75. The predicted molar refractivity (Wildman–Crippen MR) is 124 cm³/mol. The van der Waals surface area contributed by atoms with Gasteiger partial charge in [-0.15, -0.1) is 0 Å². The Morgan fingerprint density at radius 3 is 2.22 bits per heavy atom. The zero-order valence-electron chi connectivity index (χ0n) is 18.1. The highest BCUT2D eigenvalue weighted by molar-refractivity contribution is 8.03. The number of nitrogens with zero attached hydrogens (tertiary/aromatic N) is 2. The highest BCUT2D eigenvalue weighted by Crippen LogP contribution is 2.48. The Bertz CT molecular complexity index is 1130. The molecule has 2 aromatic carbocycles. The molecule has 0 radical (unpaired) electrons. The third-order valence-electron chi connectivity index (χ3n) is 4.76. The number of halogens is 4. The summed E-state index contributed by atoms with van der Waals surface area (Å²) in [4.78, 5) is 3.61. The number of anilines is 1. The average molecular weight is 486 g/mol. The second kappa shape index (κ2) is 10.0. The molecule has 1 aromatic heterocycles. The molecule has 32 heavy (non-hydrogen) atoms. The van der Waals surface area contributed by atoms with Gasteiger partial charge in [0.25, 0.3) is 5.01 Å². The molecule has 172 valence electrons. The minimum Gasteiger partial charge on any atom is -0.497 e. The molecule has 4 nitrogen and oxygen atoms in total. The normalized spacial score (nSPS) is 14.4. The van der Waals surface area contributed by atoms with Crippen LogP contribution in [0.1, 0.15) is 18.9 Å². The summed E-state index contributed by atoms with van der Waals surface area (Å²) in [5.74, 6) is 1.80. The molecule has 0 saturated heterocycles. The number of hydrogen-bond donors (Lipinski definition) is 0. The third-order valence-corrected chi connectivity index (χ3v) is 6.94. The maximum Gasteiger partial charge on any atom is 0.673 e. The van der Waals surface area contributed by atoms with Crippen molar-refractivity contribution in [3.63, 3.8) is 0 Å². The van der Waals surface area contributed by atoms with Crippen molar-refractivity contribution in [3.05, 3.63) is 46.4 Å². The van der Waals surface area contributed by atoms with E-state index in [0.29, 0.717) is 0 Å². The number of ether oxygens (including phenoxy) is 2. The maximum atomic E-state index is 9.75. The molecule has 0 amide bonds. The summed E-state index contributed by atoms with van der Waals surface area (Å²) in [7, 11) is -2.57. The van der Waals surface area contributed by atoms with Crippen LogP contribution in [-0.2, 0) is 6.54 Å². The van der Waals surface area contributed by atoms with Crippen molar-refractivity contribution >= 4 is 52.3 Å². The zero-order valence-corrected chi connectivity index (χ0v) is 19.7. The lowest BCUT2D eigenvalue weighted by Crippen LogP contribution is -2.33. The molecule has 0 aliphatic carbocycles. The van der Waals surface area contributed by atoms with Gasteiger partial charge in [0, 0.05) is 23.6 Å². The molecule has 0 spiro atoms. The summed E-state index contributed by atoms with van der Waals surface area (Å²) in [5, 5.41) is 2.50. The van der Waals surface area contributed by atoms with Crippen LogP contribution in [0.2, 0.25) is 0 Å². The molecule has 0 N–H and O–H groups in total. The highest BCUT2D eigenvalue weighted by Gasteiger charge is 2.27. The van der Waals surface area contributed by atoms with Gasteiger partial charge < -0.3 is 31.6 Å². The van der Waals surface area contributed by atoms with Crippen LogP contribution >= 0.6 is 23.1 Å². The summed E-state index contributed by atoms with van der Waals surface area (Å²) in [6, 6.07) is 12.6. The highest BCUT2D eigenvalue weighted by atomic mass is 32.2. The molecule has 0 bridgehead atoms. The van der Waals surface area contributed by atoms with Crippen LogP contribution in [0.4, 0.5) is 23.0 Å². The van der Waals surface area contributed by atoms with Crippen molar-refractivity contribution < 1.29 is 31.3 Å². The van der Waals surface area contributed by atoms with E-state index in [1.165, 1.54) is 30.8 Å².